The highest BCUT2D eigenvalue weighted by Gasteiger charge is 2.65. The van der Waals surface area contributed by atoms with E-state index in [9.17, 15) is 20.1 Å². The van der Waals surface area contributed by atoms with Crippen molar-refractivity contribution in [2.45, 2.75) is 69.6 Å². The zero-order chi connectivity index (χ0) is 36.9. The maximum absolute atomic E-state index is 13.9. The van der Waals surface area contributed by atoms with Gasteiger partial charge in [0.15, 0.2) is 0 Å². The quantitative estimate of drug-likeness (QED) is 0.0646. The molecule has 290 valence electrons. The minimum absolute atomic E-state index is 0.104. The van der Waals surface area contributed by atoms with Gasteiger partial charge < -0.3 is 43.8 Å². The fourth-order valence-electron chi connectivity index (χ4n) is 8.35. The highest BCUT2D eigenvalue weighted by molar-refractivity contribution is 6.02. The molecule has 2 aliphatic carbocycles. The zero-order valence-electron chi connectivity index (χ0n) is 31.0. The molecule has 13 nitrogen and oxygen atoms in total. The van der Waals surface area contributed by atoms with Gasteiger partial charge in [0.1, 0.15) is 31.3 Å². The lowest BCUT2D eigenvalue weighted by atomic mass is 9.55. The van der Waals surface area contributed by atoms with Crippen LogP contribution in [0.15, 0.2) is 47.7 Å². The van der Waals surface area contributed by atoms with Crippen molar-refractivity contribution in [2.24, 2.45) is 22.9 Å². The normalized spacial score (nSPS) is 26.8. The first kappa shape index (κ1) is 40.0. The average molecular weight is 730 g/mol. The van der Waals surface area contributed by atoms with Crippen LogP contribution in [0, 0.1) is 17.8 Å². The molecule has 52 heavy (non-hydrogen) atoms. The maximum atomic E-state index is 13.9. The molecule has 0 spiro atoms. The number of benzene rings is 1. The van der Waals surface area contributed by atoms with Crippen molar-refractivity contribution >= 4 is 11.8 Å². The van der Waals surface area contributed by atoms with Gasteiger partial charge in [0.2, 0.25) is 5.79 Å². The van der Waals surface area contributed by atoms with Crippen LogP contribution in [0.4, 0.5) is 4.79 Å². The summed E-state index contributed by atoms with van der Waals surface area (Å²) in [5.41, 5.74) is 2.66. The summed E-state index contributed by atoms with van der Waals surface area (Å²) < 4.78 is 31.7. The Morgan fingerprint density at radius 2 is 1.88 bits per heavy atom. The number of unbranched alkanes of at least 4 members (excludes halogenated alkanes) is 2. The lowest BCUT2D eigenvalue weighted by Gasteiger charge is -2.59. The first-order valence-corrected chi connectivity index (χ1v) is 19.0. The molecule has 0 aromatic heterocycles. The van der Waals surface area contributed by atoms with Crippen LogP contribution in [0.25, 0.3) is 0 Å². The highest BCUT2D eigenvalue weighted by Crippen LogP contribution is 2.61. The third-order valence-corrected chi connectivity index (χ3v) is 10.7. The molecule has 1 saturated carbocycles. The summed E-state index contributed by atoms with van der Waals surface area (Å²) in [7, 11) is 1.52. The van der Waals surface area contributed by atoms with Crippen LogP contribution in [-0.2, 0) is 19.0 Å². The number of ether oxygens (including phenoxy) is 5. The van der Waals surface area contributed by atoms with Crippen molar-refractivity contribution in [2.75, 3.05) is 86.1 Å². The summed E-state index contributed by atoms with van der Waals surface area (Å²) in [5.74, 6) is -0.315. The van der Waals surface area contributed by atoms with E-state index in [1.807, 2.05) is 12.1 Å². The number of fused-ring (bicyclic) bond motifs is 2. The van der Waals surface area contributed by atoms with Gasteiger partial charge in [-0.2, -0.15) is 0 Å². The molecule has 2 heterocycles. The van der Waals surface area contributed by atoms with Crippen LogP contribution in [-0.4, -0.2) is 135 Å². The summed E-state index contributed by atoms with van der Waals surface area (Å²) >= 11 is 0. The molecular weight excluding hydrogens is 670 g/mol. The number of nitrogens with zero attached hydrogens (tertiary/aromatic N) is 3. The van der Waals surface area contributed by atoms with Gasteiger partial charge in [-0.15, -0.1) is 6.58 Å². The molecular formula is C39H59N3O10. The Kier molecular flexibility index (Phi) is 15.2. The molecule has 0 unspecified atom stereocenters. The monoisotopic (exact) mass is 729 g/mol. The Morgan fingerprint density at radius 1 is 1.10 bits per heavy atom. The molecule has 6 atom stereocenters. The first-order chi connectivity index (χ1) is 25.5. The average Bonchev–Trinajstić information content (AvgIpc) is 3.98. The number of amides is 1. The number of allylic oxidation sites excluding steroid dienone is 1. The van der Waals surface area contributed by atoms with Gasteiger partial charge in [0, 0.05) is 57.3 Å². The number of hydrogen-bond acceptors (Lipinski definition) is 12. The van der Waals surface area contributed by atoms with E-state index < -0.39 is 23.8 Å². The Balaban J connectivity index is 1.70. The highest BCUT2D eigenvalue weighted by atomic mass is 16.7. The predicted molar refractivity (Wildman–Crippen MR) is 196 cm³/mol. The number of aliphatic hydroxyl groups excluding tert-OH is 3. The second kappa shape index (κ2) is 19.8. The van der Waals surface area contributed by atoms with Crippen LogP contribution < -0.4 is 9.47 Å². The van der Waals surface area contributed by atoms with Gasteiger partial charge in [0.25, 0.3) is 0 Å². The van der Waals surface area contributed by atoms with Gasteiger partial charge in [0.05, 0.1) is 44.7 Å². The Hall–Kier alpha value is -3.20. The third kappa shape index (κ3) is 9.29. The van der Waals surface area contributed by atoms with E-state index in [4.69, 9.17) is 28.5 Å². The van der Waals surface area contributed by atoms with E-state index in [1.165, 1.54) is 7.11 Å². The van der Waals surface area contributed by atoms with Crippen molar-refractivity contribution in [3.8, 4) is 11.5 Å². The molecule has 5 rings (SSSR count). The molecule has 1 aromatic carbocycles. The molecule has 1 aromatic rings. The molecule has 1 amide bonds. The second-order valence-electron chi connectivity index (χ2n) is 13.9. The fourth-order valence-corrected chi connectivity index (χ4v) is 8.35. The van der Waals surface area contributed by atoms with Crippen molar-refractivity contribution in [3.05, 3.63) is 48.1 Å². The third-order valence-electron chi connectivity index (χ3n) is 10.7. The molecule has 0 radical (unpaired) electrons. The van der Waals surface area contributed by atoms with Gasteiger partial charge in [-0.1, -0.05) is 30.1 Å². The van der Waals surface area contributed by atoms with E-state index in [2.05, 4.69) is 28.8 Å². The van der Waals surface area contributed by atoms with Crippen LogP contribution >= 0.6 is 0 Å². The molecule has 1 saturated heterocycles. The number of carbonyl (C=O) groups is 1. The van der Waals surface area contributed by atoms with E-state index in [1.54, 1.807) is 17.9 Å². The summed E-state index contributed by atoms with van der Waals surface area (Å²) in [4.78, 5) is 23.3. The molecule has 13 heteroatoms. The Bertz CT molecular complexity index is 1370. The second-order valence-corrected chi connectivity index (χ2v) is 13.9. The zero-order valence-corrected chi connectivity index (χ0v) is 31.0. The van der Waals surface area contributed by atoms with E-state index in [0.29, 0.717) is 30.9 Å². The lowest BCUT2D eigenvalue weighted by molar-refractivity contribution is -0.256. The predicted octanol–water partition coefficient (Wildman–Crippen LogP) is 4.11. The van der Waals surface area contributed by atoms with Crippen LogP contribution in [0.3, 0.4) is 0 Å². The van der Waals surface area contributed by atoms with Gasteiger partial charge in [-0.3, -0.25) is 9.80 Å². The largest absolute Gasteiger partial charge is 0.492 e. The number of aliphatic hydroxyl groups is 3. The summed E-state index contributed by atoms with van der Waals surface area (Å²) in [5, 5.41) is 33.5. The molecule has 3 N–H and O–H groups in total. The topological polar surface area (TPSA) is 152 Å². The van der Waals surface area contributed by atoms with Crippen LogP contribution in [0.1, 0.15) is 63.4 Å². The number of carbonyl (C=O) groups excluding carboxylic acids is 1. The van der Waals surface area contributed by atoms with Crippen LogP contribution in [0.5, 0.6) is 11.5 Å². The number of hydrogen-bond donors (Lipinski definition) is 3. The fraction of sp³-hybridized carbons (Fsp3) is 0.692. The molecule has 0 bridgehead atoms. The molecule has 2 fully saturated rings. The smallest absolute Gasteiger partial charge is 0.410 e. The van der Waals surface area contributed by atoms with Crippen molar-refractivity contribution in [3.63, 3.8) is 0 Å². The Labute approximate surface area is 308 Å². The van der Waals surface area contributed by atoms with E-state index in [0.717, 1.165) is 62.2 Å². The Morgan fingerprint density at radius 3 is 2.58 bits per heavy atom. The molecule has 2 aliphatic heterocycles. The SMILES string of the molecule is C=CCO[C@@]12Oc3ccc(OCCN4CC4)cc3[C@H]3[C@H](CCCCO)[C@@H](CCCCO)C=C(C(=NOC)C[C@@H]1N(CCOCCO)C(=O)OCC)[C@H]32. The maximum Gasteiger partial charge on any atom is 0.410 e. The van der Waals surface area contributed by atoms with Crippen molar-refractivity contribution in [1.29, 1.82) is 0 Å². The van der Waals surface area contributed by atoms with E-state index >= 15 is 0 Å². The number of oxime groups is 1. The van der Waals surface area contributed by atoms with Gasteiger partial charge in [-0.25, -0.2) is 4.79 Å². The minimum Gasteiger partial charge on any atom is -0.492 e. The van der Waals surface area contributed by atoms with Crippen molar-refractivity contribution < 1.29 is 48.6 Å². The van der Waals surface area contributed by atoms with E-state index in [-0.39, 0.29) is 77.0 Å². The van der Waals surface area contributed by atoms with Crippen molar-refractivity contribution in [1.82, 2.24) is 9.80 Å². The van der Waals surface area contributed by atoms with Gasteiger partial charge in [-0.05, 0) is 68.2 Å². The van der Waals surface area contributed by atoms with Gasteiger partial charge >= 0.3 is 6.09 Å². The minimum atomic E-state index is -1.39. The molecule has 4 aliphatic rings. The summed E-state index contributed by atoms with van der Waals surface area (Å²) in [6.07, 6.45) is 8.47. The summed E-state index contributed by atoms with van der Waals surface area (Å²) in [6.45, 7) is 10.2. The number of rotatable bonds is 23. The summed E-state index contributed by atoms with van der Waals surface area (Å²) in [6, 6.07) is 5.27. The standard InChI is InChI=1S/C39H59N3O10/c1-4-21-51-39-35(42(38(46)49-5-2)17-22-48-24-20-45)27-33(40-47-3)31-25-28(10-6-8-18-43)30(11-7-9-19-44)36(37(31)39)32-26-29(12-13-34(32)52-39)50-23-16-41-14-15-41/h4,12-13,25-26,28,30,35-37,43-45H,1,5-11,14-24,27H2,2-3H3/t28-,30+,35-,36+,37+,39+/m0/s1. The lowest BCUT2D eigenvalue weighted by Crippen LogP contribution is -2.70. The van der Waals surface area contributed by atoms with Crippen LogP contribution in [0.2, 0.25) is 0 Å². The first-order valence-electron chi connectivity index (χ1n) is 19.0.